The zero-order valence-corrected chi connectivity index (χ0v) is 28.4. The summed E-state index contributed by atoms with van der Waals surface area (Å²) in [5.74, 6) is -0.502. The van der Waals surface area contributed by atoms with Gasteiger partial charge in [0, 0.05) is 7.06 Å². The molecule has 0 bridgehead atoms. The lowest BCUT2D eigenvalue weighted by molar-refractivity contribution is -0.226. The van der Waals surface area contributed by atoms with Crippen molar-refractivity contribution >= 4 is 30.9 Å². The molecule has 220 valence electrons. The van der Waals surface area contributed by atoms with Crippen LogP contribution in [-0.4, -0.2) is 82.2 Å². The molecule has 37 heavy (non-hydrogen) atoms. The molecule has 7 nitrogen and oxygen atoms in total. The SMILES string of the molecule is [2H]C([3H])OCC1O[C@H](C(=O)OC)[C@H](O[Si](CC)(CC)CC)[C@@H](O[Si](CC)(CC)CC)[C@@H]1O[Si](CC)(CC)CC. The zero-order valence-electron chi connectivity index (χ0n) is 27.4. The van der Waals surface area contributed by atoms with E-state index in [2.05, 4.69) is 62.3 Å². The highest BCUT2D eigenvalue weighted by atomic mass is 28.4. The topological polar surface area (TPSA) is 72.5 Å². The maximum atomic E-state index is 13.3. The number of carbonyl (C=O) groups excluding carboxylic acids is 1. The van der Waals surface area contributed by atoms with Crippen LogP contribution in [0, 0.1) is 0 Å². The second-order valence-electron chi connectivity index (χ2n) is 10.4. The molecule has 0 aromatic rings. The van der Waals surface area contributed by atoms with Crippen molar-refractivity contribution < 1.29 is 35.0 Å². The predicted octanol–water partition coefficient (Wildman–Crippen LogP) is 6.74. The van der Waals surface area contributed by atoms with Crippen LogP contribution >= 0.6 is 0 Å². The Hall–Kier alpha value is -0.0794. The monoisotopic (exact) mass is 581 g/mol. The van der Waals surface area contributed by atoms with Gasteiger partial charge in [-0.05, 0) is 54.4 Å². The fraction of sp³-hybridized carbons (Fsp3) is 0.963. The van der Waals surface area contributed by atoms with E-state index in [9.17, 15) is 4.79 Å². The van der Waals surface area contributed by atoms with Crippen LogP contribution in [0.4, 0.5) is 0 Å². The van der Waals surface area contributed by atoms with Gasteiger partial charge in [0.25, 0.3) is 0 Å². The van der Waals surface area contributed by atoms with Crippen LogP contribution in [0.25, 0.3) is 0 Å². The Labute approximate surface area is 233 Å². The van der Waals surface area contributed by atoms with Crippen LogP contribution in [0.2, 0.25) is 54.4 Å². The number of hydrogen-bond donors (Lipinski definition) is 0. The number of ether oxygens (including phenoxy) is 3. The van der Waals surface area contributed by atoms with Crippen LogP contribution in [0.15, 0.2) is 0 Å². The standard InChI is InChI=1S/C27H58O7Si3/c1-12-35(13-2,14-3)32-23-22(21-29-10)31-26(27(28)30-11)25(34-37(18-7,19-8)20-9)24(23)33-36(15-4,16-5)17-6/h22-26H,12-21H2,1-11H3/t22?,23-,24+,25-,26+/m1/s1/i10TD/t10?,22?,23-,24+,25-,26+. The molecule has 0 radical (unpaired) electrons. The van der Waals surface area contributed by atoms with Crippen molar-refractivity contribution in [2.75, 3.05) is 20.8 Å². The molecule has 0 amide bonds. The van der Waals surface area contributed by atoms with Gasteiger partial charge in [-0.15, -0.1) is 0 Å². The van der Waals surface area contributed by atoms with Gasteiger partial charge in [-0.1, -0.05) is 62.3 Å². The maximum absolute atomic E-state index is 13.3. The molecule has 0 aromatic heterocycles. The summed E-state index contributed by atoms with van der Waals surface area (Å²) in [4.78, 5) is 13.3. The Morgan fingerprint density at radius 3 is 1.46 bits per heavy atom. The molecule has 10 heteroatoms. The van der Waals surface area contributed by atoms with Gasteiger partial charge in [0.05, 0.1) is 16.5 Å². The molecule has 2 unspecified atom stereocenters. The molecule has 0 aromatic carbocycles. The summed E-state index contributed by atoms with van der Waals surface area (Å²) in [6.45, 7) is 19.6. The highest BCUT2D eigenvalue weighted by molar-refractivity contribution is 6.74. The molecule has 1 aliphatic rings. The molecule has 0 spiro atoms. The lowest BCUT2D eigenvalue weighted by atomic mass is 9.95. The Morgan fingerprint density at radius 2 is 1.11 bits per heavy atom. The van der Waals surface area contributed by atoms with Crippen molar-refractivity contribution in [2.24, 2.45) is 0 Å². The van der Waals surface area contributed by atoms with Gasteiger partial charge in [-0.3, -0.25) is 0 Å². The Balaban J connectivity index is 3.88. The first kappa shape index (κ1) is 31.4. The minimum atomic E-state index is -2.21. The first-order valence-corrected chi connectivity index (χ1v) is 22.3. The van der Waals surface area contributed by atoms with Crippen molar-refractivity contribution in [1.29, 1.82) is 0 Å². The summed E-state index contributed by atoms with van der Waals surface area (Å²) >= 11 is 0. The Morgan fingerprint density at radius 1 is 0.730 bits per heavy atom. The summed E-state index contributed by atoms with van der Waals surface area (Å²) in [5.41, 5.74) is 0. The third-order valence-electron chi connectivity index (χ3n) is 9.29. The second kappa shape index (κ2) is 16.2. The lowest BCUT2D eigenvalue weighted by Gasteiger charge is -2.52. The Kier molecular flexibility index (Phi) is 13.8. The molecular formula is C27H58O7Si3. The van der Waals surface area contributed by atoms with Crippen LogP contribution < -0.4 is 0 Å². The quantitative estimate of drug-likeness (QED) is 0.131. The number of carbonyl (C=O) groups is 1. The van der Waals surface area contributed by atoms with Crippen LogP contribution in [0.3, 0.4) is 0 Å². The molecule has 0 saturated carbocycles. The third kappa shape index (κ3) is 8.22. The first-order valence-electron chi connectivity index (χ1n) is 15.9. The largest absolute Gasteiger partial charge is 0.467 e. The average molecular weight is 582 g/mol. The molecule has 1 aliphatic heterocycles. The highest BCUT2D eigenvalue weighted by Gasteiger charge is 2.56. The highest BCUT2D eigenvalue weighted by Crippen LogP contribution is 2.39. The van der Waals surface area contributed by atoms with E-state index in [4.69, 9.17) is 30.2 Å². The van der Waals surface area contributed by atoms with E-state index in [1.807, 2.05) is 0 Å². The van der Waals surface area contributed by atoms with Gasteiger partial charge in [0.2, 0.25) is 0 Å². The van der Waals surface area contributed by atoms with Gasteiger partial charge < -0.3 is 27.5 Å². The fourth-order valence-corrected chi connectivity index (χ4v) is 14.3. The van der Waals surface area contributed by atoms with Gasteiger partial charge in [-0.25, -0.2) is 4.79 Å². The summed E-state index contributed by atoms with van der Waals surface area (Å²) in [5, 5.41) is 0. The molecular weight excluding hydrogens is 521 g/mol. The minimum absolute atomic E-state index is 0.0408. The van der Waals surface area contributed by atoms with Crippen LogP contribution in [0.1, 0.15) is 65.1 Å². The zero-order chi connectivity index (χ0) is 29.9. The normalized spacial score (nSPS) is 26.9. The lowest BCUT2D eigenvalue weighted by Crippen LogP contribution is -2.68. The molecule has 6 atom stereocenters. The van der Waals surface area contributed by atoms with Crippen LogP contribution in [0.5, 0.6) is 0 Å². The van der Waals surface area contributed by atoms with E-state index in [-0.39, 0.29) is 6.61 Å². The van der Waals surface area contributed by atoms with Crippen molar-refractivity contribution in [1.82, 2.24) is 0 Å². The molecule has 1 rings (SSSR count). The van der Waals surface area contributed by atoms with Crippen LogP contribution in [-0.2, 0) is 32.3 Å². The molecule has 1 heterocycles. The van der Waals surface area contributed by atoms with E-state index >= 15 is 0 Å². The number of esters is 1. The van der Waals surface area contributed by atoms with Crippen molar-refractivity contribution in [2.45, 2.75) is 147 Å². The fourth-order valence-electron chi connectivity index (χ4n) is 5.72. The molecule has 1 fully saturated rings. The third-order valence-corrected chi connectivity index (χ3v) is 23.2. The van der Waals surface area contributed by atoms with E-state index in [0.717, 1.165) is 54.4 Å². The van der Waals surface area contributed by atoms with E-state index in [0.29, 0.717) is 0 Å². The van der Waals surface area contributed by atoms with E-state index in [1.54, 1.807) is 0 Å². The van der Waals surface area contributed by atoms with Gasteiger partial charge in [0.15, 0.2) is 31.1 Å². The van der Waals surface area contributed by atoms with Gasteiger partial charge in [-0.2, -0.15) is 0 Å². The smallest absolute Gasteiger partial charge is 0.337 e. The van der Waals surface area contributed by atoms with Gasteiger partial charge >= 0.3 is 5.97 Å². The minimum Gasteiger partial charge on any atom is -0.467 e. The number of hydrogen-bond acceptors (Lipinski definition) is 7. The Bertz CT molecular complexity index is 682. The number of methoxy groups -OCH3 is 2. The van der Waals surface area contributed by atoms with Crippen molar-refractivity contribution in [3.05, 3.63) is 0 Å². The van der Waals surface area contributed by atoms with Crippen molar-refractivity contribution in [3.63, 3.8) is 0 Å². The summed E-state index contributed by atoms with van der Waals surface area (Å²) in [6.07, 6.45) is -3.42. The average Bonchev–Trinajstić information content (AvgIpc) is 2.97. The maximum Gasteiger partial charge on any atom is 0.337 e. The molecule has 0 aliphatic carbocycles. The number of rotatable bonds is 18. The van der Waals surface area contributed by atoms with Gasteiger partial charge in [0.1, 0.15) is 24.4 Å². The molecule has 1 saturated heterocycles. The van der Waals surface area contributed by atoms with E-state index in [1.165, 1.54) is 7.11 Å². The molecule has 0 N–H and O–H groups in total. The summed E-state index contributed by atoms with van der Waals surface area (Å²) in [7, 11) is -6.69. The summed E-state index contributed by atoms with van der Waals surface area (Å²) < 4.78 is 54.0. The second-order valence-corrected chi connectivity index (χ2v) is 24.6. The summed E-state index contributed by atoms with van der Waals surface area (Å²) in [6, 6.07) is 8.42. The van der Waals surface area contributed by atoms with Crippen molar-refractivity contribution in [3.8, 4) is 0 Å². The predicted molar refractivity (Wildman–Crippen MR) is 159 cm³/mol. The van der Waals surface area contributed by atoms with E-state index < -0.39 is 68.5 Å². The first-order chi connectivity index (χ1) is 18.5.